The number of aliphatic hydroxyl groups excluding tert-OH is 1. The first-order valence-electron chi connectivity index (χ1n) is 7.14. The third kappa shape index (κ3) is 2.78. The first-order chi connectivity index (χ1) is 7.78. The highest BCUT2D eigenvalue weighted by atomic mass is 16.3. The van der Waals surface area contributed by atoms with E-state index in [0.29, 0.717) is 6.61 Å². The van der Waals surface area contributed by atoms with E-state index in [4.69, 9.17) is 0 Å². The van der Waals surface area contributed by atoms with Crippen molar-refractivity contribution in [3.8, 4) is 0 Å². The van der Waals surface area contributed by atoms with Gasteiger partial charge in [0, 0.05) is 5.54 Å². The molecular weight excluding hydrogens is 198 g/mol. The molecule has 94 valence electrons. The van der Waals surface area contributed by atoms with Crippen molar-refractivity contribution in [1.82, 2.24) is 5.32 Å². The van der Waals surface area contributed by atoms with Crippen LogP contribution in [0.3, 0.4) is 0 Å². The van der Waals surface area contributed by atoms with E-state index in [1.807, 2.05) is 0 Å². The normalized spacial score (nSPS) is 33.4. The molecule has 0 aromatic heterocycles. The van der Waals surface area contributed by atoms with E-state index < -0.39 is 0 Å². The summed E-state index contributed by atoms with van der Waals surface area (Å²) >= 11 is 0. The van der Waals surface area contributed by atoms with Crippen LogP contribution in [-0.4, -0.2) is 23.8 Å². The number of aliphatic hydroxyl groups is 1. The molecule has 0 amide bonds. The maximum absolute atomic E-state index is 9.40. The fourth-order valence-electron chi connectivity index (χ4n) is 3.31. The monoisotopic (exact) mass is 225 g/mol. The summed E-state index contributed by atoms with van der Waals surface area (Å²) in [5, 5.41) is 13.0. The van der Waals surface area contributed by atoms with Crippen molar-refractivity contribution in [1.29, 1.82) is 0 Å². The van der Waals surface area contributed by atoms with Gasteiger partial charge in [-0.3, -0.25) is 0 Å². The van der Waals surface area contributed by atoms with Crippen LogP contribution in [0.4, 0.5) is 0 Å². The Kier molecular flexibility index (Phi) is 4.26. The first kappa shape index (κ1) is 12.4. The van der Waals surface area contributed by atoms with Gasteiger partial charge in [-0.05, 0) is 50.5 Å². The zero-order valence-corrected chi connectivity index (χ0v) is 10.7. The van der Waals surface area contributed by atoms with E-state index in [2.05, 4.69) is 12.2 Å². The molecule has 0 bridgehead atoms. The van der Waals surface area contributed by atoms with Gasteiger partial charge in [-0.1, -0.05) is 26.2 Å². The fourth-order valence-corrected chi connectivity index (χ4v) is 3.31. The molecule has 2 heteroatoms. The van der Waals surface area contributed by atoms with E-state index in [1.165, 1.54) is 51.4 Å². The summed E-state index contributed by atoms with van der Waals surface area (Å²) in [4.78, 5) is 0. The van der Waals surface area contributed by atoms with Gasteiger partial charge in [0.2, 0.25) is 0 Å². The van der Waals surface area contributed by atoms with Crippen LogP contribution in [0, 0.1) is 11.8 Å². The van der Waals surface area contributed by atoms with Gasteiger partial charge < -0.3 is 10.4 Å². The van der Waals surface area contributed by atoms with Crippen molar-refractivity contribution in [2.24, 2.45) is 11.8 Å². The molecule has 0 aromatic carbocycles. The first-order valence-corrected chi connectivity index (χ1v) is 7.14. The molecule has 2 saturated carbocycles. The topological polar surface area (TPSA) is 32.3 Å². The van der Waals surface area contributed by atoms with Gasteiger partial charge in [0.25, 0.3) is 0 Å². The summed E-state index contributed by atoms with van der Waals surface area (Å²) in [6.07, 6.45) is 10.6. The Balaban J connectivity index is 1.72. The predicted molar refractivity (Wildman–Crippen MR) is 67.4 cm³/mol. The van der Waals surface area contributed by atoms with Crippen LogP contribution in [0.5, 0.6) is 0 Å². The second-order valence-electron chi connectivity index (χ2n) is 5.98. The maximum Gasteiger partial charge on any atom is 0.0613 e. The van der Waals surface area contributed by atoms with Crippen LogP contribution in [-0.2, 0) is 0 Å². The van der Waals surface area contributed by atoms with Crippen LogP contribution in [0.15, 0.2) is 0 Å². The lowest BCUT2D eigenvalue weighted by molar-refractivity contribution is 0.0798. The minimum absolute atomic E-state index is 0.110. The Morgan fingerprint density at radius 2 is 1.94 bits per heavy atom. The lowest BCUT2D eigenvalue weighted by Crippen LogP contribution is -2.55. The molecule has 2 fully saturated rings. The molecule has 0 heterocycles. The molecule has 0 radical (unpaired) electrons. The molecule has 2 atom stereocenters. The van der Waals surface area contributed by atoms with Crippen LogP contribution in [0.2, 0.25) is 0 Å². The SMILES string of the molecule is CCC1CCCC(CNC2(CO)CCC2)C1. The summed E-state index contributed by atoms with van der Waals surface area (Å²) in [6.45, 7) is 3.79. The highest BCUT2D eigenvalue weighted by Crippen LogP contribution is 2.34. The van der Waals surface area contributed by atoms with Crippen LogP contribution < -0.4 is 5.32 Å². The lowest BCUT2D eigenvalue weighted by Gasteiger charge is -2.43. The molecule has 2 aliphatic rings. The van der Waals surface area contributed by atoms with Gasteiger partial charge >= 0.3 is 0 Å². The second-order valence-corrected chi connectivity index (χ2v) is 5.98. The molecular formula is C14H27NO. The van der Waals surface area contributed by atoms with Crippen molar-refractivity contribution in [2.75, 3.05) is 13.2 Å². The van der Waals surface area contributed by atoms with E-state index in [9.17, 15) is 5.11 Å². The summed E-state index contributed by atoms with van der Waals surface area (Å²) < 4.78 is 0. The molecule has 16 heavy (non-hydrogen) atoms. The molecule has 2 nitrogen and oxygen atoms in total. The van der Waals surface area contributed by atoms with Crippen molar-refractivity contribution in [3.63, 3.8) is 0 Å². The van der Waals surface area contributed by atoms with Crippen molar-refractivity contribution in [2.45, 2.75) is 63.8 Å². The average Bonchev–Trinajstić information content (AvgIpc) is 2.29. The van der Waals surface area contributed by atoms with Gasteiger partial charge in [-0.15, -0.1) is 0 Å². The minimum atomic E-state index is 0.110. The largest absolute Gasteiger partial charge is 0.394 e. The van der Waals surface area contributed by atoms with Gasteiger partial charge in [0.05, 0.1) is 6.61 Å². The minimum Gasteiger partial charge on any atom is -0.394 e. The number of rotatable bonds is 5. The zero-order chi connectivity index (χ0) is 11.4. The highest BCUT2D eigenvalue weighted by Gasteiger charge is 2.36. The molecule has 0 spiro atoms. The molecule has 2 aliphatic carbocycles. The van der Waals surface area contributed by atoms with Crippen LogP contribution in [0.1, 0.15) is 58.3 Å². The Hall–Kier alpha value is -0.0800. The summed E-state index contributed by atoms with van der Waals surface area (Å²) in [5.41, 5.74) is 0.110. The van der Waals surface area contributed by atoms with Gasteiger partial charge in [-0.25, -0.2) is 0 Å². The molecule has 0 aromatic rings. The summed E-state index contributed by atoms with van der Waals surface area (Å²) in [7, 11) is 0. The number of hydrogen-bond donors (Lipinski definition) is 2. The third-order valence-electron chi connectivity index (χ3n) is 4.85. The Labute approximate surface area is 99.8 Å². The Bertz CT molecular complexity index is 207. The number of nitrogens with one attached hydrogen (secondary N) is 1. The molecule has 2 N–H and O–H groups in total. The predicted octanol–water partition coefficient (Wildman–Crippen LogP) is 2.71. The quantitative estimate of drug-likeness (QED) is 0.754. The van der Waals surface area contributed by atoms with Crippen molar-refractivity contribution < 1.29 is 5.11 Å². The Morgan fingerprint density at radius 3 is 2.50 bits per heavy atom. The standard InChI is InChI=1S/C14H27NO/c1-2-12-5-3-6-13(9-12)10-15-14(11-16)7-4-8-14/h12-13,15-16H,2-11H2,1H3. The summed E-state index contributed by atoms with van der Waals surface area (Å²) in [5.74, 6) is 1.83. The molecule has 0 aliphatic heterocycles. The van der Waals surface area contributed by atoms with Crippen molar-refractivity contribution >= 4 is 0 Å². The van der Waals surface area contributed by atoms with E-state index in [1.54, 1.807) is 0 Å². The highest BCUT2D eigenvalue weighted by molar-refractivity contribution is 4.96. The Morgan fingerprint density at radius 1 is 1.19 bits per heavy atom. The number of hydrogen-bond acceptors (Lipinski definition) is 2. The zero-order valence-electron chi connectivity index (χ0n) is 10.7. The van der Waals surface area contributed by atoms with E-state index in [-0.39, 0.29) is 5.54 Å². The van der Waals surface area contributed by atoms with Gasteiger partial charge in [0.1, 0.15) is 0 Å². The second kappa shape index (κ2) is 5.50. The van der Waals surface area contributed by atoms with Crippen molar-refractivity contribution in [3.05, 3.63) is 0 Å². The van der Waals surface area contributed by atoms with E-state index >= 15 is 0 Å². The molecule has 2 unspecified atom stereocenters. The van der Waals surface area contributed by atoms with Crippen LogP contribution in [0.25, 0.3) is 0 Å². The maximum atomic E-state index is 9.40. The molecule has 2 rings (SSSR count). The third-order valence-corrected chi connectivity index (χ3v) is 4.85. The smallest absolute Gasteiger partial charge is 0.0613 e. The van der Waals surface area contributed by atoms with Crippen LogP contribution >= 0.6 is 0 Å². The fraction of sp³-hybridized carbons (Fsp3) is 1.00. The van der Waals surface area contributed by atoms with Gasteiger partial charge in [-0.2, -0.15) is 0 Å². The lowest BCUT2D eigenvalue weighted by atomic mass is 9.75. The summed E-state index contributed by atoms with van der Waals surface area (Å²) in [6, 6.07) is 0. The average molecular weight is 225 g/mol. The van der Waals surface area contributed by atoms with Gasteiger partial charge in [0.15, 0.2) is 0 Å². The molecule has 0 saturated heterocycles. The van der Waals surface area contributed by atoms with E-state index in [0.717, 1.165) is 18.4 Å².